The molecule has 0 spiro atoms. The van der Waals surface area contributed by atoms with Gasteiger partial charge < -0.3 is 4.57 Å². The lowest BCUT2D eigenvalue weighted by Gasteiger charge is -2.08. The second-order valence-electron chi connectivity index (χ2n) is 5.08. The Balaban J connectivity index is 2.11. The molecule has 1 aromatic carbocycles. The van der Waals surface area contributed by atoms with Crippen molar-refractivity contribution in [1.82, 2.24) is 4.57 Å². The van der Waals surface area contributed by atoms with Crippen LogP contribution in [0.2, 0.25) is 0 Å². The topological polar surface area (TPSA) is 22.0 Å². The molecule has 0 amide bonds. The largest absolute Gasteiger partial charge is 0.311 e. The lowest BCUT2D eigenvalue weighted by molar-refractivity contribution is 0.647. The van der Waals surface area contributed by atoms with Crippen LogP contribution in [-0.4, -0.2) is 4.57 Å². The van der Waals surface area contributed by atoms with Gasteiger partial charge in [-0.3, -0.25) is 4.79 Å². The van der Waals surface area contributed by atoms with Gasteiger partial charge in [-0.05, 0) is 29.5 Å². The van der Waals surface area contributed by atoms with Crippen LogP contribution >= 0.6 is 0 Å². The number of hydrogen-bond acceptors (Lipinski definition) is 1. The van der Waals surface area contributed by atoms with Crippen LogP contribution < -0.4 is 5.56 Å². The molecule has 0 aliphatic heterocycles. The van der Waals surface area contributed by atoms with Crippen LogP contribution in [0.5, 0.6) is 0 Å². The molecule has 1 aromatic heterocycles. The van der Waals surface area contributed by atoms with E-state index < -0.39 is 0 Å². The second-order valence-corrected chi connectivity index (χ2v) is 5.08. The maximum Gasteiger partial charge on any atom is 0.250 e. The van der Waals surface area contributed by atoms with Gasteiger partial charge in [0.25, 0.3) is 5.56 Å². The van der Waals surface area contributed by atoms with E-state index in [1.165, 1.54) is 5.56 Å². The van der Waals surface area contributed by atoms with Crippen molar-refractivity contribution in [1.29, 1.82) is 0 Å². The number of nitrogens with zero attached hydrogens (tertiary/aromatic N) is 1. The number of rotatable bonds is 4. The summed E-state index contributed by atoms with van der Waals surface area (Å²) in [5.41, 5.74) is 2.56. The minimum Gasteiger partial charge on any atom is -0.311 e. The molecule has 0 atom stereocenters. The standard InChI is InChI=1S/C16H19NO/c1-13(2)11-14-6-8-15(9-7-14)12-17-10-4-3-5-16(17)18/h3-10,13H,11-12H2,1-2H3. The van der Waals surface area contributed by atoms with Crippen molar-refractivity contribution < 1.29 is 0 Å². The molecule has 94 valence electrons. The molecule has 2 rings (SSSR count). The van der Waals surface area contributed by atoms with E-state index in [-0.39, 0.29) is 5.56 Å². The second kappa shape index (κ2) is 5.67. The van der Waals surface area contributed by atoms with Gasteiger partial charge in [0.1, 0.15) is 0 Å². The highest BCUT2D eigenvalue weighted by Gasteiger charge is 2.00. The SMILES string of the molecule is CC(C)Cc1ccc(Cn2ccccc2=O)cc1. The molecule has 0 bridgehead atoms. The van der Waals surface area contributed by atoms with Gasteiger partial charge in [0.2, 0.25) is 0 Å². The Morgan fingerprint density at radius 3 is 2.28 bits per heavy atom. The third-order valence-electron chi connectivity index (χ3n) is 2.92. The van der Waals surface area contributed by atoms with E-state index in [0.29, 0.717) is 12.5 Å². The minimum absolute atomic E-state index is 0.0451. The van der Waals surface area contributed by atoms with Crippen LogP contribution in [0.15, 0.2) is 53.5 Å². The molecule has 0 fully saturated rings. The van der Waals surface area contributed by atoms with Gasteiger partial charge in [-0.2, -0.15) is 0 Å². The number of aromatic nitrogens is 1. The fourth-order valence-corrected chi connectivity index (χ4v) is 2.04. The first-order valence-corrected chi connectivity index (χ1v) is 6.38. The third-order valence-corrected chi connectivity index (χ3v) is 2.92. The summed E-state index contributed by atoms with van der Waals surface area (Å²) in [4.78, 5) is 11.6. The molecule has 2 nitrogen and oxygen atoms in total. The van der Waals surface area contributed by atoms with Crippen LogP contribution in [-0.2, 0) is 13.0 Å². The monoisotopic (exact) mass is 241 g/mol. The van der Waals surface area contributed by atoms with E-state index >= 15 is 0 Å². The summed E-state index contributed by atoms with van der Waals surface area (Å²) >= 11 is 0. The van der Waals surface area contributed by atoms with Crippen molar-refractivity contribution in [2.45, 2.75) is 26.8 Å². The summed E-state index contributed by atoms with van der Waals surface area (Å²) in [5.74, 6) is 0.674. The van der Waals surface area contributed by atoms with Crippen molar-refractivity contribution in [3.63, 3.8) is 0 Å². The van der Waals surface area contributed by atoms with E-state index in [4.69, 9.17) is 0 Å². The van der Waals surface area contributed by atoms with E-state index in [2.05, 4.69) is 38.1 Å². The van der Waals surface area contributed by atoms with E-state index in [9.17, 15) is 4.79 Å². The first-order chi connectivity index (χ1) is 8.65. The average molecular weight is 241 g/mol. The Morgan fingerprint density at radius 2 is 1.67 bits per heavy atom. The fourth-order valence-electron chi connectivity index (χ4n) is 2.04. The van der Waals surface area contributed by atoms with Gasteiger partial charge in [0.05, 0.1) is 6.54 Å². The maximum atomic E-state index is 11.6. The molecule has 2 aromatic rings. The fraction of sp³-hybridized carbons (Fsp3) is 0.312. The minimum atomic E-state index is 0.0451. The highest BCUT2D eigenvalue weighted by atomic mass is 16.1. The Bertz CT molecular complexity index is 552. The predicted octanol–water partition coefficient (Wildman–Crippen LogP) is 3.10. The summed E-state index contributed by atoms with van der Waals surface area (Å²) < 4.78 is 1.72. The Kier molecular flexibility index (Phi) is 3.98. The van der Waals surface area contributed by atoms with Crippen LogP contribution in [0.3, 0.4) is 0 Å². The first-order valence-electron chi connectivity index (χ1n) is 6.38. The summed E-state index contributed by atoms with van der Waals surface area (Å²) in [5, 5.41) is 0. The van der Waals surface area contributed by atoms with Gasteiger partial charge in [-0.15, -0.1) is 0 Å². The molecule has 0 aliphatic carbocycles. The zero-order chi connectivity index (χ0) is 13.0. The molecule has 18 heavy (non-hydrogen) atoms. The highest BCUT2D eigenvalue weighted by Crippen LogP contribution is 2.10. The molecule has 0 aliphatic rings. The van der Waals surface area contributed by atoms with Crippen LogP contribution in [0.1, 0.15) is 25.0 Å². The summed E-state index contributed by atoms with van der Waals surface area (Å²) in [6, 6.07) is 13.8. The van der Waals surface area contributed by atoms with Crippen LogP contribution in [0.4, 0.5) is 0 Å². The Morgan fingerprint density at radius 1 is 1.00 bits per heavy atom. The Labute approximate surface area is 108 Å². The molecule has 0 saturated heterocycles. The highest BCUT2D eigenvalue weighted by molar-refractivity contribution is 5.23. The zero-order valence-corrected chi connectivity index (χ0v) is 11.0. The number of benzene rings is 1. The average Bonchev–Trinajstić information content (AvgIpc) is 2.34. The molecule has 0 unspecified atom stereocenters. The van der Waals surface area contributed by atoms with Gasteiger partial charge in [-0.1, -0.05) is 44.2 Å². The Hall–Kier alpha value is -1.83. The zero-order valence-electron chi connectivity index (χ0n) is 11.0. The van der Waals surface area contributed by atoms with Crippen molar-refractivity contribution >= 4 is 0 Å². The smallest absolute Gasteiger partial charge is 0.250 e. The summed E-state index contributed by atoms with van der Waals surface area (Å²) in [6.07, 6.45) is 2.93. The molecular formula is C16H19NO. The van der Waals surface area contributed by atoms with E-state index in [1.54, 1.807) is 16.7 Å². The molecular weight excluding hydrogens is 222 g/mol. The van der Waals surface area contributed by atoms with Crippen molar-refractivity contribution in [2.24, 2.45) is 5.92 Å². The molecule has 0 N–H and O–H groups in total. The van der Waals surface area contributed by atoms with Gasteiger partial charge in [-0.25, -0.2) is 0 Å². The van der Waals surface area contributed by atoms with Gasteiger partial charge in [0, 0.05) is 12.3 Å². The maximum absolute atomic E-state index is 11.6. The molecule has 0 saturated carbocycles. The lowest BCUT2D eigenvalue weighted by atomic mass is 10.0. The molecule has 1 heterocycles. The van der Waals surface area contributed by atoms with E-state index in [0.717, 1.165) is 12.0 Å². The van der Waals surface area contributed by atoms with E-state index in [1.807, 2.05) is 12.3 Å². The predicted molar refractivity (Wildman–Crippen MR) is 74.8 cm³/mol. The van der Waals surface area contributed by atoms with Crippen LogP contribution in [0.25, 0.3) is 0 Å². The third kappa shape index (κ3) is 3.33. The summed E-state index contributed by atoms with van der Waals surface area (Å²) in [6.45, 7) is 5.08. The molecule has 0 radical (unpaired) electrons. The van der Waals surface area contributed by atoms with Gasteiger partial charge in [0.15, 0.2) is 0 Å². The molecule has 2 heteroatoms. The normalized spacial score (nSPS) is 10.8. The number of pyridine rings is 1. The van der Waals surface area contributed by atoms with Gasteiger partial charge >= 0.3 is 0 Å². The number of hydrogen-bond donors (Lipinski definition) is 0. The van der Waals surface area contributed by atoms with Crippen molar-refractivity contribution in [2.75, 3.05) is 0 Å². The summed E-state index contributed by atoms with van der Waals surface area (Å²) in [7, 11) is 0. The lowest BCUT2D eigenvalue weighted by Crippen LogP contribution is -2.18. The van der Waals surface area contributed by atoms with Crippen molar-refractivity contribution in [3.05, 3.63) is 70.1 Å². The van der Waals surface area contributed by atoms with Crippen LogP contribution in [0, 0.1) is 5.92 Å². The van der Waals surface area contributed by atoms with Crippen molar-refractivity contribution in [3.8, 4) is 0 Å². The first kappa shape index (κ1) is 12.6. The quantitative estimate of drug-likeness (QED) is 0.806.